The highest BCUT2D eigenvalue weighted by molar-refractivity contribution is 9.09. The number of aryl methyl sites for hydroxylation is 1. The molecule has 0 aliphatic carbocycles. The van der Waals surface area contributed by atoms with Crippen LogP contribution in [0.3, 0.4) is 0 Å². The van der Waals surface area contributed by atoms with Gasteiger partial charge in [-0.15, -0.1) is 0 Å². The molecule has 4 nitrogen and oxygen atoms in total. The second kappa shape index (κ2) is 5.40. The minimum Gasteiger partial charge on any atom is -0.331 e. The van der Waals surface area contributed by atoms with E-state index in [4.69, 9.17) is 0 Å². The molecule has 1 unspecified atom stereocenters. The van der Waals surface area contributed by atoms with Crippen LogP contribution in [0.4, 0.5) is 5.69 Å². The van der Waals surface area contributed by atoms with E-state index in [-0.39, 0.29) is 10.7 Å². The first-order valence-electron chi connectivity index (χ1n) is 6.64. The number of hydrogen-bond donors (Lipinski definition) is 0. The summed E-state index contributed by atoms with van der Waals surface area (Å²) in [5, 5.41) is 0. The van der Waals surface area contributed by atoms with E-state index in [9.17, 15) is 4.79 Å². The van der Waals surface area contributed by atoms with Gasteiger partial charge in [0.15, 0.2) is 0 Å². The Bertz CT molecular complexity index is 620. The van der Waals surface area contributed by atoms with Crippen LogP contribution in [-0.2, 0) is 11.3 Å². The molecule has 1 saturated heterocycles. The number of nitrogens with zero attached hydrogens (tertiary/aromatic N) is 3. The molecule has 1 fully saturated rings. The lowest BCUT2D eigenvalue weighted by Gasteiger charge is -2.16. The maximum atomic E-state index is 11.9. The van der Waals surface area contributed by atoms with Gasteiger partial charge in [-0.1, -0.05) is 28.1 Å². The predicted octanol–water partition coefficient (Wildman–Crippen LogP) is 2.74. The summed E-state index contributed by atoms with van der Waals surface area (Å²) in [6.07, 6.45) is 4.36. The molecular formula is C15H16BrN3O. The van der Waals surface area contributed by atoms with E-state index in [0.717, 1.165) is 24.6 Å². The molecular weight excluding hydrogens is 318 g/mol. The van der Waals surface area contributed by atoms with Crippen molar-refractivity contribution in [3.63, 3.8) is 0 Å². The predicted molar refractivity (Wildman–Crippen MR) is 82.2 cm³/mol. The molecule has 5 heteroatoms. The Hall–Kier alpha value is -1.62. The summed E-state index contributed by atoms with van der Waals surface area (Å²) in [4.78, 5) is 18.2. The summed E-state index contributed by atoms with van der Waals surface area (Å²) in [6, 6.07) is 8.18. The first-order chi connectivity index (χ1) is 9.63. The Morgan fingerprint density at radius 3 is 2.65 bits per heavy atom. The molecule has 1 amide bonds. The fourth-order valence-electron chi connectivity index (χ4n) is 2.46. The molecule has 20 heavy (non-hydrogen) atoms. The number of carbonyl (C=O) groups excluding carboxylic acids is 1. The average molecular weight is 334 g/mol. The van der Waals surface area contributed by atoms with Gasteiger partial charge < -0.3 is 9.47 Å². The van der Waals surface area contributed by atoms with Crippen LogP contribution in [0, 0.1) is 6.92 Å². The van der Waals surface area contributed by atoms with E-state index in [2.05, 4.69) is 37.6 Å². The number of halogens is 1. The zero-order valence-electron chi connectivity index (χ0n) is 11.3. The van der Waals surface area contributed by atoms with Gasteiger partial charge in [-0.25, -0.2) is 4.98 Å². The third-order valence-corrected chi connectivity index (χ3v) is 4.22. The molecule has 0 bridgehead atoms. The summed E-state index contributed by atoms with van der Waals surface area (Å²) < 4.78 is 2.10. The van der Waals surface area contributed by atoms with Crippen molar-refractivity contribution in [2.75, 3.05) is 11.4 Å². The lowest BCUT2D eigenvalue weighted by atomic mass is 10.2. The van der Waals surface area contributed by atoms with Gasteiger partial charge in [0.1, 0.15) is 5.82 Å². The molecule has 0 radical (unpaired) electrons. The lowest BCUT2D eigenvalue weighted by Crippen LogP contribution is -2.24. The molecule has 1 aromatic carbocycles. The highest BCUT2D eigenvalue weighted by Crippen LogP contribution is 2.25. The van der Waals surface area contributed by atoms with Gasteiger partial charge in [0, 0.05) is 42.4 Å². The van der Waals surface area contributed by atoms with Crippen molar-refractivity contribution in [1.29, 1.82) is 0 Å². The molecule has 1 aliphatic heterocycles. The van der Waals surface area contributed by atoms with Crippen LogP contribution in [-0.4, -0.2) is 26.8 Å². The van der Waals surface area contributed by atoms with Crippen molar-refractivity contribution in [3.8, 4) is 0 Å². The normalized spacial score (nSPS) is 18.8. The molecule has 2 heterocycles. The Morgan fingerprint density at radius 2 is 2.10 bits per heavy atom. The Morgan fingerprint density at radius 1 is 1.35 bits per heavy atom. The largest absolute Gasteiger partial charge is 0.331 e. The van der Waals surface area contributed by atoms with E-state index >= 15 is 0 Å². The highest BCUT2D eigenvalue weighted by atomic mass is 79.9. The fraction of sp³-hybridized carbons (Fsp3) is 0.333. The third-order valence-electron chi connectivity index (χ3n) is 3.60. The zero-order chi connectivity index (χ0) is 14.1. The van der Waals surface area contributed by atoms with Crippen LogP contribution in [0.5, 0.6) is 0 Å². The van der Waals surface area contributed by atoms with E-state index in [1.165, 1.54) is 5.56 Å². The molecule has 1 aliphatic rings. The SMILES string of the molecule is Cc1nccn1Cc1ccc(N2CC(Br)CC2=O)cc1. The summed E-state index contributed by atoms with van der Waals surface area (Å²) in [5.41, 5.74) is 2.18. The van der Waals surface area contributed by atoms with Crippen molar-refractivity contribution in [2.24, 2.45) is 0 Å². The second-order valence-electron chi connectivity index (χ2n) is 5.07. The van der Waals surface area contributed by atoms with Crippen LogP contribution in [0.15, 0.2) is 36.7 Å². The standard InChI is InChI=1S/C15H16BrN3O/c1-11-17-6-7-18(11)9-12-2-4-14(5-3-12)19-10-13(16)8-15(19)20/h2-7,13H,8-10H2,1H3. The van der Waals surface area contributed by atoms with E-state index in [0.29, 0.717) is 6.42 Å². The fourth-order valence-corrected chi connectivity index (χ4v) is 3.03. The number of alkyl halides is 1. The number of anilines is 1. The first-order valence-corrected chi connectivity index (χ1v) is 7.56. The summed E-state index contributed by atoms with van der Waals surface area (Å²) >= 11 is 3.51. The van der Waals surface area contributed by atoms with Crippen LogP contribution in [0.25, 0.3) is 0 Å². The van der Waals surface area contributed by atoms with Crippen molar-refractivity contribution < 1.29 is 4.79 Å². The summed E-state index contributed by atoms with van der Waals surface area (Å²) in [5.74, 6) is 1.19. The van der Waals surface area contributed by atoms with Gasteiger partial charge in [-0.2, -0.15) is 0 Å². The summed E-state index contributed by atoms with van der Waals surface area (Å²) in [7, 11) is 0. The molecule has 2 aromatic rings. The van der Waals surface area contributed by atoms with E-state index < -0.39 is 0 Å². The van der Waals surface area contributed by atoms with Crippen molar-refractivity contribution in [1.82, 2.24) is 9.55 Å². The van der Waals surface area contributed by atoms with Gasteiger partial charge >= 0.3 is 0 Å². The topological polar surface area (TPSA) is 38.1 Å². The average Bonchev–Trinajstić information content (AvgIpc) is 2.97. The molecule has 0 N–H and O–H groups in total. The van der Waals surface area contributed by atoms with Crippen molar-refractivity contribution in [3.05, 3.63) is 48.0 Å². The van der Waals surface area contributed by atoms with E-state index in [1.54, 1.807) is 0 Å². The monoisotopic (exact) mass is 333 g/mol. The molecule has 0 spiro atoms. The van der Waals surface area contributed by atoms with Crippen LogP contribution >= 0.6 is 15.9 Å². The van der Waals surface area contributed by atoms with Crippen molar-refractivity contribution >= 4 is 27.5 Å². The minimum atomic E-state index is 0.185. The Labute approximate surface area is 126 Å². The Kier molecular flexibility index (Phi) is 3.61. The second-order valence-corrected chi connectivity index (χ2v) is 6.37. The molecule has 3 rings (SSSR count). The third kappa shape index (κ3) is 2.63. The number of benzene rings is 1. The minimum absolute atomic E-state index is 0.185. The van der Waals surface area contributed by atoms with E-state index in [1.807, 2.05) is 36.4 Å². The number of amides is 1. The Balaban J connectivity index is 1.75. The smallest absolute Gasteiger partial charge is 0.228 e. The number of aromatic nitrogens is 2. The van der Waals surface area contributed by atoms with Crippen LogP contribution in [0.1, 0.15) is 17.8 Å². The molecule has 1 aromatic heterocycles. The van der Waals surface area contributed by atoms with Gasteiger partial charge in [0.05, 0.1) is 0 Å². The first kappa shape index (κ1) is 13.4. The summed E-state index contributed by atoms with van der Waals surface area (Å²) in [6.45, 7) is 3.55. The van der Waals surface area contributed by atoms with Crippen LogP contribution in [0.2, 0.25) is 0 Å². The molecule has 0 saturated carbocycles. The van der Waals surface area contributed by atoms with Crippen molar-refractivity contribution in [2.45, 2.75) is 24.7 Å². The zero-order valence-corrected chi connectivity index (χ0v) is 12.9. The van der Waals surface area contributed by atoms with Gasteiger partial charge in [-0.3, -0.25) is 4.79 Å². The molecule has 1 atom stereocenters. The van der Waals surface area contributed by atoms with Gasteiger partial charge in [-0.05, 0) is 24.6 Å². The maximum absolute atomic E-state index is 11.9. The highest BCUT2D eigenvalue weighted by Gasteiger charge is 2.28. The maximum Gasteiger partial charge on any atom is 0.228 e. The van der Waals surface area contributed by atoms with Gasteiger partial charge in [0.2, 0.25) is 5.91 Å². The van der Waals surface area contributed by atoms with Crippen LogP contribution < -0.4 is 4.90 Å². The molecule has 104 valence electrons. The number of imidazole rings is 1. The lowest BCUT2D eigenvalue weighted by molar-refractivity contribution is -0.117. The van der Waals surface area contributed by atoms with Gasteiger partial charge in [0.25, 0.3) is 0 Å². The number of rotatable bonds is 3. The quantitative estimate of drug-likeness (QED) is 0.810. The number of carbonyl (C=O) groups is 1. The number of hydrogen-bond acceptors (Lipinski definition) is 2.